The molecule has 1 N–H and O–H groups in total. The first-order chi connectivity index (χ1) is 9.42. The number of ether oxygens (including phenoxy) is 2. The predicted molar refractivity (Wildman–Crippen MR) is 74.7 cm³/mol. The zero-order valence-corrected chi connectivity index (χ0v) is 12.1. The van der Waals surface area contributed by atoms with Crippen LogP contribution in [0.15, 0.2) is 24.3 Å². The van der Waals surface area contributed by atoms with Gasteiger partial charge < -0.3 is 14.6 Å². The Morgan fingerprint density at radius 3 is 2.80 bits per heavy atom. The molecule has 0 fully saturated rings. The molecule has 1 heterocycles. The number of benzene rings is 1. The van der Waals surface area contributed by atoms with Crippen molar-refractivity contribution in [2.45, 2.75) is 32.4 Å². The Hall–Kier alpha value is -1.75. The molecule has 0 radical (unpaired) electrons. The van der Waals surface area contributed by atoms with Gasteiger partial charge in [0.15, 0.2) is 0 Å². The smallest absolute Gasteiger partial charge is 0.411 e. The Morgan fingerprint density at radius 1 is 1.45 bits per heavy atom. The standard InChI is InChI=1S/C15H21NO4/c1-15(2,3)20-14(18)16-8-9-19-13-7-5-4-6-11(13)12(16)10-17/h4-7,12,17H,8-10H2,1-3H3. The molecule has 5 heteroatoms. The summed E-state index contributed by atoms with van der Waals surface area (Å²) in [4.78, 5) is 13.8. The number of nitrogens with zero attached hydrogens (tertiary/aromatic N) is 1. The van der Waals surface area contributed by atoms with E-state index in [1.54, 1.807) is 0 Å². The van der Waals surface area contributed by atoms with Crippen LogP contribution in [0, 0.1) is 0 Å². The molecule has 1 amide bonds. The van der Waals surface area contributed by atoms with E-state index in [-0.39, 0.29) is 6.61 Å². The Morgan fingerprint density at radius 2 is 2.15 bits per heavy atom. The topological polar surface area (TPSA) is 59.0 Å². The van der Waals surface area contributed by atoms with Crippen LogP contribution in [0.25, 0.3) is 0 Å². The number of para-hydroxylation sites is 1. The van der Waals surface area contributed by atoms with Crippen LogP contribution in [-0.2, 0) is 4.74 Å². The van der Waals surface area contributed by atoms with E-state index in [1.165, 1.54) is 4.90 Å². The van der Waals surface area contributed by atoms with Crippen molar-refractivity contribution >= 4 is 6.09 Å². The van der Waals surface area contributed by atoms with Gasteiger partial charge in [0, 0.05) is 5.56 Å². The molecule has 1 unspecified atom stereocenters. The van der Waals surface area contributed by atoms with Crippen LogP contribution in [0.3, 0.4) is 0 Å². The van der Waals surface area contributed by atoms with Crippen LogP contribution in [0.2, 0.25) is 0 Å². The highest BCUT2D eigenvalue weighted by Crippen LogP contribution is 2.32. The van der Waals surface area contributed by atoms with Gasteiger partial charge in [-0.1, -0.05) is 18.2 Å². The third-order valence-electron chi connectivity index (χ3n) is 3.04. The molecule has 0 aliphatic carbocycles. The van der Waals surface area contributed by atoms with Crippen molar-refractivity contribution < 1.29 is 19.4 Å². The van der Waals surface area contributed by atoms with Crippen LogP contribution < -0.4 is 4.74 Å². The average Bonchev–Trinajstić information content (AvgIpc) is 2.55. The normalized spacial score (nSPS) is 18.8. The molecule has 0 aromatic heterocycles. The fourth-order valence-corrected chi connectivity index (χ4v) is 2.20. The van der Waals surface area contributed by atoms with Gasteiger partial charge in [0.2, 0.25) is 0 Å². The van der Waals surface area contributed by atoms with Gasteiger partial charge >= 0.3 is 6.09 Å². The Balaban J connectivity index is 2.28. The Bertz CT molecular complexity index is 481. The summed E-state index contributed by atoms with van der Waals surface area (Å²) in [5, 5.41) is 9.68. The SMILES string of the molecule is CC(C)(C)OC(=O)N1CCOc2ccccc2C1CO. The highest BCUT2D eigenvalue weighted by molar-refractivity contribution is 5.69. The summed E-state index contributed by atoms with van der Waals surface area (Å²) in [6.07, 6.45) is -0.433. The average molecular weight is 279 g/mol. The minimum absolute atomic E-state index is 0.167. The maximum absolute atomic E-state index is 12.3. The molecule has 1 aromatic carbocycles. The molecule has 0 saturated carbocycles. The van der Waals surface area contributed by atoms with Gasteiger partial charge in [-0.2, -0.15) is 0 Å². The fraction of sp³-hybridized carbons (Fsp3) is 0.533. The van der Waals surface area contributed by atoms with Crippen LogP contribution >= 0.6 is 0 Å². The summed E-state index contributed by atoms with van der Waals surface area (Å²) in [7, 11) is 0. The third-order valence-corrected chi connectivity index (χ3v) is 3.04. The van der Waals surface area contributed by atoms with Gasteiger partial charge in [0.1, 0.15) is 18.0 Å². The lowest BCUT2D eigenvalue weighted by molar-refractivity contribution is 0.00853. The number of aliphatic hydroxyl groups is 1. The predicted octanol–water partition coefficient (Wildman–Crippen LogP) is 2.35. The molecule has 20 heavy (non-hydrogen) atoms. The highest BCUT2D eigenvalue weighted by atomic mass is 16.6. The minimum atomic E-state index is -0.566. The molecule has 2 rings (SSSR count). The largest absolute Gasteiger partial charge is 0.491 e. The van der Waals surface area contributed by atoms with Gasteiger partial charge in [-0.25, -0.2) is 4.79 Å². The second-order valence-electron chi connectivity index (χ2n) is 5.76. The van der Waals surface area contributed by atoms with E-state index in [9.17, 15) is 9.90 Å². The number of amides is 1. The number of rotatable bonds is 1. The number of hydrogen-bond acceptors (Lipinski definition) is 4. The number of fused-ring (bicyclic) bond motifs is 1. The van der Waals surface area contributed by atoms with Gasteiger partial charge in [-0.3, -0.25) is 4.90 Å². The molecular weight excluding hydrogens is 258 g/mol. The summed E-state index contributed by atoms with van der Waals surface area (Å²) in [5.41, 5.74) is 0.238. The number of aliphatic hydroxyl groups excluding tert-OH is 1. The van der Waals surface area contributed by atoms with Gasteiger partial charge in [-0.15, -0.1) is 0 Å². The van der Waals surface area contributed by atoms with Crippen molar-refractivity contribution in [2.75, 3.05) is 19.8 Å². The van der Waals surface area contributed by atoms with E-state index in [2.05, 4.69) is 0 Å². The zero-order valence-electron chi connectivity index (χ0n) is 12.1. The van der Waals surface area contributed by atoms with E-state index in [4.69, 9.17) is 9.47 Å². The van der Waals surface area contributed by atoms with Crippen molar-refractivity contribution in [1.29, 1.82) is 0 Å². The second-order valence-corrected chi connectivity index (χ2v) is 5.76. The van der Waals surface area contributed by atoms with Crippen LogP contribution in [0.5, 0.6) is 5.75 Å². The maximum Gasteiger partial charge on any atom is 0.411 e. The van der Waals surface area contributed by atoms with E-state index in [1.807, 2.05) is 45.0 Å². The quantitative estimate of drug-likeness (QED) is 0.857. The van der Waals surface area contributed by atoms with E-state index in [0.717, 1.165) is 5.56 Å². The molecule has 0 bridgehead atoms. The summed E-state index contributed by atoms with van der Waals surface area (Å²) < 4.78 is 11.0. The van der Waals surface area contributed by atoms with E-state index < -0.39 is 17.7 Å². The Kier molecular flexibility index (Phi) is 4.18. The van der Waals surface area contributed by atoms with Gasteiger partial charge in [0.05, 0.1) is 19.2 Å². The lowest BCUT2D eigenvalue weighted by atomic mass is 10.1. The van der Waals surface area contributed by atoms with E-state index in [0.29, 0.717) is 18.9 Å². The van der Waals surface area contributed by atoms with E-state index >= 15 is 0 Å². The molecule has 110 valence electrons. The molecule has 1 aromatic rings. The van der Waals surface area contributed by atoms with Gasteiger partial charge in [0.25, 0.3) is 0 Å². The van der Waals surface area contributed by atoms with Gasteiger partial charge in [-0.05, 0) is 26.8 Å². The molecule has 1 atom stereocenters. The zero-order chi connectivity index (χ0) is 14.8. The first-order valence-electron chi connectivity index (χ1n) is 6.74. The summed E-state index contributed by atoms with van der Waals surface area (Å²) in [5.74, 6) is 0.706. The first-order valence-corrected chi connectivity index (χ1v) is 6.74. The van der Waals surface area contributed by atoms with Crippen molar-refractivity contribution in [1.82, 2.24) is 4.90 Å². The Labute approximate surface area is 119 Å². The molecular formula is C15H21NO4. The van der Waals surface area contributed by atoms with Crippen molar-refractivity contribution in [3.05, 3.63) is 29.8 Å². The first kappa shape index (κ1) is 14.7. The van der Waals surface area contributed by atoms with Crippen LogP contribution in [0.1, 0.15) is 32.4 Å². The molecule has 1 aliphatic heterocycles. The third kappa shape index (κ3) is 3.22. The maximum atomic E-state index is 12.3. The molecule has 0 saturated heterocycles. The lowest BCUT2D eigenvalue weighted by Gasteiger charge is -2.31. The van der Waals surface area contributed by atoms with Crippen LogP contribution in [-0.4, -0.2) is 41.5 Å². The van der Waals surface area contributed by atoms with Crippen LogP contribution in [0.4, 0.5) is 4.79 Å². The molecule has 1 aliphatic rings. The number of carbonyl (C=O) groups excluding carboxylic acids is 1. The highest BCUT2D eigenvalue weighted by Gasteiger charge is 2.32. The molecule has 0 spiro atoms. The van der Waals surface area contributed by atoms with Crippen molar-refractivity contribution in [3.8, 4) is 5.75 Å². The van der Waals surface area contributed by atoms with Crippen molar-refractivity contribution in [2.24, 2.45) is 0 Å². The second kappa shape index (κ2) is 5.71. The number of hydrogen-bond donors (Lipinski definition) is 1. The minimum Gasteiger partial charge on any atom is -0.491 e. The monoisotopic (exact) mass is 279 g/mol. The molecule has 5 nitrogen and oxygen atoms in total. The lowest BCUT2D eigenvalue weighted by Crippen LogP contribution is -2.41. The summed E-state index contributed by atoms with van der Waals surface area (Å²) >= 11 is 0. The van der Waals surface area contributed by atoms with Crippen molar-refractivity contribution in [3.63, 3.8) is 0 Å². The fourth-order valence-electron chi connectivity index (χ4n) is 2.20. The summed E-state index contributed by atoms with van der Waals surface area (Å²) in [6, 6.07) is 7.00. The summed E-state index contributed by atoms with van der Waals surface area (Å²) in [6.45, 7) is 6.06. The number of carbonyl (C=O) groups is 1.